The number of nitrogens with one attached hydrogen (secondary N) is 1. The normalized spacial score (nSPS) is 16.1. The summed E-state index contributed by atoms with van der Waals surface area (Å²) < 4.78 is 2.20. The molecule has 7 nitrogen and oxygen atoms in total. The van der Waals surface area contributed by atoms with Gasteiger partial charge in [-0.2, -0.15) is 4.98 Å². The fourth-order valence-electron chi connectivity index (χ4n) is 3.55. The van der Waals surface area contributed by atoms with E-state index in [-0.39, 0.29) is 17.0 Å². The summed E-state index contributed by atoms with van der Waals surface area (Å²) in [5.74, 6) is 1.28. The summed E-state index contributed by atoms with van der Waals surface area (Å²) in [5, 5.41) is 0. The third kappa shape index (κ3) is 4.12. The van der Waals surface area contributed by atoms with Gasteiger partial charge in [-0.3, -0.25) is 4.79 Å². The number of nitrogens with zero attached hydrogens (tertiary/aromatic N) is 4. The first kappa shape index (κ1) is 19.3. The standard InChI is InChI=1S/C20H29N5O2/c1-13(2)25-11-8-21-17(25)14-6-9-24(10-7-14)18(26)15-12-16(20(3,4)5)23-19(27)22-15/h8,11-14H,6-7,9-10H2,1-5H3,(H,22,23,27). The third-order valence-corrected chi connectivity index (χ3v) is 5.17. The average Bonchev–Trinajstić information content (AvgIpc) is 3.10. The highest BCUT2D eigenvalue weighted by Gasteiger charge is 2.29. The van der Waals surface area contributed by atoms with Crippen LogP contribution in [0.5, 0.6) is 0 Å². The van der Waals surface area contributed by atoms with Gasteiger partial charge in [0.25, 0.3) is 5.91 Å². The van der Waals surface area contributed by atoms with Gasteiger partial charge < -0.3 is 14.5 Å². The van der Waals surface area contributed by atoms with Gasteiger partial charge in [0.2, 0.25) is 0 Å². The van der Waals surface area contributed by atoms with Crippen molar-refractivity contribution in [3.63, 3.8) is 0 Å². The number of likely N-dealkylation sites (tertiary alicyclic amines) is 1. The molecule has 3 heterocycles. The number of piperidine rings is 1. The van der Waals surface area contributed by atoms with Crippen LogP contribution in [0.15, 0.2) is 23.3 Å². The smallest absolute Gasteiger partial charge is 0.337 e. The van der Waals surface area contributed by atoms with Crippen LogP contribution in [-0.2, 0) is 5.41 Å². The summed E-state index contributed by atoms with van der Waals surface area (Å²) in [7, 11) is 0. The quantitative estimate of drug-likeness (QED) is 0.899. The summed E-state index contributed by atoms with van der Waals surface area (Å²) >= 11 is 0. The Morgan fingerprint density at radius 3 is 2.52 bits per heavy atom. The fraction of sp³-hybridized carbons (Fsp3) is 0.600. The molecule has 0 atom stereocenters. The summed E-state index contributed by atoms with van der Waals surface area (Å²) in [5.41, 5.74) is 0.225. The van der Waals surface area contributed by atoms with Crippen molar-refractivity contribution in [3.05, 3.63) is 46.2 Å². The van der Waals surface area contributed by atoms with Gasteiger partial charge in [-0.1, -0.05) is 20.8 Å². The van der Waals surface area contributed by atoms with Crippen molar-refractivity contribution >= 4 is 5.91 Å². The van der Waals surface area contributed by atoms with E-state index >= 15 is 0 Å². The first-order valence-electron chi connectivity index (χ1n) is 9.60. The van der Waals surface area contributed by atoms with Gasteiger partial charge in [-0.15, -0.1) is 0 Å². The molecular formula is C20H29N5O2. The van der Waals surface area contributed by atoms with Gasteiger partial charge in [0, 0.05) is 48.6 Å². The van der Waals surface area contributed by atoms with Crippen molar-refractivity contribution in [1.29, 1.82) is 0 Å². The summed E-state index contributed by atoms with van der Waals surface area (Å²) in [4.78, 5) is 37.8. The minimum atomic E-state index is -0.473. The summed E-state index contributed by atoms with van der Waals surface area (Å²) in [6, 6.07) is 2.08. The van der Waals surface area contributed by atoms with Gasteiger partial charge in [-0.05, 0) is 32.8 Å². The number of rotatable bonds is 3. The van der Waals surface area contributed by atoms with Crippen LogP contribution in [0.25, 0.3) is 0 Å². The zero-order valence-electron chi connectivity index (χ0n) is 16.8. The maximum Gasteiger partial charge on any atom is 0.345 e. The van der Waals surface area contributed by atoms with Gasteiger partial charge in [-0.25, -0.2) is 9.78 Å². The monoisotopic (exact) mass is 371 g/mol. The highest BCUT2D eigenvalue weighted by atomic mass is 16.2. The van der Waals surface area contributed by atoms with E-state index in [1.807, 2.05) is 33.2 Å². The Kier molecular flexibility index (Phi) is 5.22. The highest BCUT2D eigenvalue weighted by Crippen LogP contribution is 2.29. The van der Waals surface area contributed by atoms with Crippen molar-refractivity contribution in [2.24, 2.45) is 0 Å². The minimum Gasteiger partial charge on any atom is -0.337 e. The van der Waals surface area contributed by atoms with E-state index in [2.05, 4.69) is 33.4 Å². The van der Waals surface area contributed by atoms with E-state index in [0.29, 0.717) is 25.0 Å². The van der Waals surface area contributed by atoms with E-state index in [4.69, 9.17) is 0 Å². The zero-order valence-corrected chi connectivity index (χ0v) is 16.8. The molecule has 0 spiro atoms. The molecule has 0 aromatic carbocycles. The Balaban J connectivity index is 1.73. The van der Waals surface area contributed by atoms with Crippen molar-refractivity contribution < 1.29 is 4.79 Å². The van der Waals surface area contributed by atoms with Crippen LogP contribution in [0.1, 0.15) is 81.4 Å². The first-order valence-corrected chi connectivity index (χ1v) is 9.60. The Bertz CT molecular complexity index is 867. The molecule has 1 aliphatic rings. The number of carbonyl (C=O) groups is 1. The molecule has 2 aromatic heterocycles. The molecule has 27 heavy (non-hydrogen) atoms. The molecule has 1 saturated heterocycles. The molecule has 0 radical (unpaired) electrons. The number of amides is 1. The summed E-state index contributed by atoms with van der Waals surface area (Å²) in [6.45, 7) is 11.6. The number of aromatic amines is 1. The Hall–Kier alpha value is -2.44. The van der Waals surface area contributed by atoms with Gasteiger partial charge >= 0.3 is 5.69 Å². The number of H-pyrrole nitrogens is 1. The Labute approximate surface area is 159 Å². The second-order valence-electron chi connectivity index (χ2n) is 8.59. The summed E-state index contributed by atoms with van der Waals surface area (Å²) in [6.07, 6.45) is 5.60. The van der Waals surface area contributed by atoms with Gasteiger partial charge in [0.15, 0.2) is 0 Å². The van der Waals surface area contributed by atoms with E-state index in [1.54, 1.807) is 11.0 Å². The molecule has 1 amide bonds. The van der Waals surface area contributed by atoms with Crippen LogP contribution in [0.2, 0.25) is 0 Å². The fourth-order valence-corrected chi connectivity index (χ4v) is 3.55. The topological polar surface area (TPSA) is 83.9 Å². The van der Waals surface area contributed by atoms with Crippen molar-refractivity contribution in [3.8, 4) is 0 Å². The molecule has 1 fully saturated rings. The number of imidazole rings is 1. The van der Waals surface area contributed by atoms with Crippen molar-refractivity contribution in [2.45, 2.75) is 64.8 Å². The lowest BCUT2D eigenvalue weighted by Gasteiger charge is -2.32. The maximum atomic E-state index is 12.9. The second kappa shape index (κ2) is 7.29. The Morgan fingerprint density at radius 2 is 1.93 bits per heavy atom. The van der Waals surface area contributed by atoms with E-state index in [1.165, 1.54) is 0 Å². The molecule has 7 heteroatoms. The lowest BCUT2D eigenvalue weighted by Crippen LogP contribution is -2.40. The average molecular weight is 371 g/mol. The third-order valence-electron chi connectivity index (χ3n) is 5.17. The Morgan fingerprint density at radius 1 is 1.26 bits per heavy atom. The number of carbonyl (C=O) groups excluding carboxylic acids is 1. The molecule has 0 aliphatic carbocycles. The molecule has 2 aromatic rings. The number of hydrogen-bond acceptors (Lipinski definition) is 4. The maximum absolute atomic E-state index is 12.9. The second-order valence-corrected chi connectivity index (χ2v) is 8.59. The molecule has 0 bridgehead atoms. The van der Waals surface area contributed by atoms with E-state index in [9.17, 15) is 9.59 Å². The molecule has 146 valence electrons. The van der Waals surface area contributed by atoms with E-state index < -0.39 is 5.69 Å². The van der Waals surface area contributed by atoms with Crippen LogP contribution < -0.4 is 5.69 Å². The molecule has 0 unspecified atom stereocenters. The van der Waals surface area contributed by atoms with Crippen LogP contribution in [0.3, 0.4) is 0 Å². The largest absolute Gasteiger partial charge is 0.345 e. The SMILES string of the molecule is CC(C)n1ccnc1C1CCN(C(=O)c2cc(C(C)(C)C)[nH]c(=O)n2)CC1. The zero-order chi connectivity index (χ0) is 19.8. The molecule has 0 saturated carbocycles. The van der Waals surface area contributed by atoms with Crippen LogP contribution in [0.4, 0.5) is 0 Å². The molecular weight excluding hydrogens is 342 g/mol. The first-order chi connectivity index (χ1) is 12.7. The molecule has 1 N–H and O–H groups in total. The van der Waals surface area contributed by atoms with Crippen molar-refractivity contribution in [2.75, 3.05) is 13.1 Å². The lowest BCUT2D eigenvalue weighted by molar-refractivity contribution is 0.0703. The van der Waals surface area contributed by atoms with E-state index in [0.717, 1.165) is 24.4 Å². The van der Waals surface area contributed by atoms with Crippen LogP contribution in [-0.4, -0.2) is 43.4 Å². The predicted molar refractivity (Wildman–Crippen MR) is 104 cm³/mol. The van der Waals surface area contributed by atoms with Gasteiger partial charge in [0.1, 0.15) is 11.5 Å². The van der Waals surface area contributed by atoms with Crippen LogP contribution >= 0.6 is 0 Å². The van der Waals surface area contributed by atoms with Crippen molar-refractivity contribution in [1.82, 2.24) is 24.4 Å². The van der Waals surface area contributed by atoms with Gasteiger partial charge in [0.05, 0.1) is 0 Å². The molecule has 1 aliphatic heterocycles. The lowest BCUT2D eigenvalue weighted by atomic mass is 9.91. The molecule has 3 rings (SSSR count). The predicted octanol–water partition coefficient (Wildman–Crippen LogP) is 2.86. The number of hydrogen-bond donors (Lipinski definition) is 1. The highest BCUT2D eigenvalue weighted by molar-refractivity contribution is 5.92. The number of aromatic nitrogens is 4. The minimum absolute atomic E-state index is 0.169. The van der Waals surface area contributed by atoms with Crippen LogP contribution in [0, 0.1) is 0 Å².